The first kappa shape index (κ1) is 19.7. The maximum absolute atomic E-state index is 13.6. The number of rotatable bonds is 5. The SMILES string of the molecule is Cc1ccc(CNC(=O)c2nnc(CN3CCc4ccc(F)cc4C3C)s2)cc1. The molecule has 0 saturated carbocycles. The quantitative estimate of drug-likeness (QED) is 0.690. The summed E-state index contributed by atoms with van der Waals surface area (Å²) >= 11 is 1.31. The Kier molecular flexibility index (Phi) is 5.69. The summed E-state index contributed by atoms with van der Waals surface area (Å²) in [7, 11) is 0. The summed E-state index contributed by atoms with van der Waals surface area (Å²) < 4.78 is 13.6. The monoisotopic (exact) mass is 410 g/mol. The molecule has 7 heteroatoms. The number of benzene rings is 2. The number of aromatic nitrogens is 2. The van der Waals surface area contributed by atoms with Crippen LogP contribution in [0.15, 0.2) is 42.5 Å². The molecule has 0 aliphatic carbocycles. The Hall–Kier alpha value is -2.64. The fourth-order valence-corrected chi connectivity index (χ4v) is 4.38. The number of carbonyl (C=O) groups is 1. The molecule has 1 unspecified atom stereocenters. The van der Waals surface area contributed by atoms with Crippen LogP contribution in [0.1, 0.15) is 50.0 Å². The van der Waals surface area contributed by atoms with Gasteiger partial charge >= 0.3 is 0 Å². The van der Waals surface area contributed by atoms with E-state index in [1.54, 1.807) is 6.07 Å². The highest BCUT2D eigenvalue weighted by molar-refractivity contribution is 7.13. The predicted molar refractivity (Wildman–Crippen MR) is 111 cm³/mol. The highest BCUT2D eigenvalue weighted by Gasteiger charge is 2.25. The standard InChI is InChI=1S/C22H23FN4OS/c1-14-3-5-16(6-4-14)12-24-21(28)22-26-25-20(29-22)13-27-10-9-17-7-8-18(23)11-19(17)15(27)2/h3-8,11,15H,9-10,12-13H2,1-2H3,(H,24,28). The fraction of sp³-hybridized carbons (Fsp3) is 0.318. The lowest BCUT2D eigenvalue weighted by molar-refractivity contribution is 0.0950. The number of amides is 1. The topological polar surface area (TPSA) is 58.1 Å². The summed E-state index contributed by atoms with van der Waals surface area (Å²) in [6, 6.07) is 13.2. The number of carbonyl (C=O) groups excluding carboxylic acids is 1. The zero-order chi connectivity index (χ0) is 20.4. The van der Waals surface area contributed by atoms with Gasteiger partial charge in [-0.3, -0.25) is 9.69 Å². The molecule has 0 spiro atoms. The Balaban J connectivity index is 1.37. The molecule has 1 aromatic heterocycles. The summed E-state index contributed by atoms with van der Waals surface area (Å²) in [5.74, 6) is -0.422. The van der Waals surface area contributed by atoms with Crippen LogP contribution in [0.2, 0.25) is 0 Å². The molecule has 1 N–H and O–H groups in total. The van der Waals surface area contributed by atoms with Crippen LogP contribution in [0.25, 0.3) is 0 Å². The molecule has 0 radical (unpaired) electrons. The Morgan fingerprint density at radius 2 is 2.03 bits per heavy atom. The minimum atomic E-state index is -0.214. The van der Waals surface area contributed by atoms with Crippen molar-refractivity contribution in [3.63, 3.8) is 0 Å². The van der Waals surface area contributed by atoms with E-state index < -0.39 is 0 Å². The van der Waals surface area contributed by atoms with Crippen molar-refractivity contribution in [2.24, 2.45) is 0 Å². The van der Waals surface area contributed by atoms with Crippen LogP contribution in [0.5, 0.6) is 0 Å². The summed E-state index contributed by atoms with van der Waals surface area (Å²) in [5, 5.41) is 12.3. The van der Waals surface area contributed by atoms with Gasteiger partial charge in [-0.1, -0.05) is 47.2 Å². The Bertz CT molecular complexity index is 1020. The molecule has 1 atom stereocenters. The average molecular weight is 411 g/mol. The third kappa shape index (κ3) is 4.52. The minimum absolute atomic E-state index is 0.0946. The fourth-order valence-electron chi connectivity index (χ4n) is 3.60. The molecule has 2 heterocycles. The van der Waals surface area contributed by atoms with Crippen LogP contribution < -0.4 is 5.32 Å². The van der Waals surface area contributed by atoms with Gasteiger partial charge in [0.25, 0.3) is 5.91 Å². The van der Waals surface area contributed by atoms with E-state index in [1.165, 1.54) is 28.5 Å². The van der Waals surface area contributed by atoms with Crippen molar-refractivity contribution in [3.05, 3.63) is 80.6 Å². The molecular formula is C22H23FN4OS. The second kappa shape index (κ2) is 8.39. The van der Waals surface area contributed by atoms with Gasteiger partial charge in [0, 0.05) is 19.1 Å². The summed E-state index contributed by atoms with van der Waals surface area (Å²) in [4.78, 5) is 14.6. The van der Waals surface area contributed by atoms with Gasteiger partial charge in [-0.15, -0.1) is 10.2 Å². The minimum Gasteiger partial charge on any atom is -0.346 e. The molecule has 2 aromatic carbocycles. The zero-order valence-corrected chi connectivity index (χ0v) is 17.3. The van der Waals surface area contributed by atoms with E-state index in [2.05, 4.69) is 27.3 Å². The van der Waals surface area contributed by atoms with Crippen molar-refractivity contribution in [3.8, 4) is 0 Å². The first-order valence-corrected chi connectivity index (χ1v) is 10.5. The van der Waals surface area contributed by atoms with Gasteiger partial charge in [0.05, 0.1) is 6.54 Å². The second-order valence-electron chi connectivity index (χ2n) is 7.41. The summed E-state index contributed by atoms with van der Waals surface area (Å²) in [6.07, 6.45) is 0.878. The number of aryl methyl sites for hydroxylation is 1. The van der Waals surface area contributed by atoms with Crippen LogP contribution >= 0.6 is 11.3 Å². The van der Waals surface area contributed by atoms with Gasteiger partial charge in [0.15, 0.2) is 0 Å². The maximum Gasteiger partial charge on any atom is 0.282 e. The Morgan fingerprint density at radius 1 is 1.24 bits per heavy atom. The Morgan fingerprint density at radius 3 is 2.83 bits per heavy atom. The molecule has 0 bridgehead atoms. The van der Waals surface area contributed by atoms with Crippen molar-refractivity contribution in [2.75, 3.05) is 6.54 Å². The molecule has 3 aromatic rings. The number of halogens is 1. The van der Waals surface area contributed by atoms with E-state index in [9.17, 15) is 9.18 Å². The van der Waals surface area contributed by atoms with Gasteiger partial charge in [0.2, 0.25) is 5.01 Å². The molecule has 1 aliphatic heterocycles. The third-order valence-corrected chi connectivity index (χ3v) is 6.25. The first-order valence-electron chi connectivity index (χ1n) is 9.68. The molecule has 5 nitrogen and oxygen atoms in total. The van der Waals surface area contributed by atoms with Crippen molar-refractivity contribution < 1.29 is 9.18 Å². The average Bonchev–Trinajstić information content (AvgIpc) is 3.18. The van der Waals surface area contributed by atoms with E-state index in [-0.39, 0.29) is 17.8 Å². The maximum atomic E-state index is 13.6. The van der Waals surface area contributed by atoms with Gasteiger partial charge in [-0.2, -0.15) is 0 Å². The molecule has 0 fully saturated rings. The van der Waals surface area contributed by atoms with Crippen molar-refractivity contribution >= 4 is 17.2 Å². The van der Waals surface area contributed by atoms with Crippen LogP contribution in [0, 0.1) is 12.7 Å². The van der Waals surface area contributed by atoms with Crippen LogP contribution in [0.3, 0.4) is 0 Å². The highest BCUT2D eigenvalue weighted by atomic mass is 32.1. The van der Waals surface area contributed by atoms with Gasteiger partial charge in [-0.05, 0) is 49.1 Å². The van der Waals surface area contributed by atoms with Crippen molar-refractivity contribution in [2.45, 2.75) is 39.4 Å². The van der Waals surface area contributed by atoms with Gasteiger partial charge in [-0.25, -0.2) is 4.39 Å². The van der Waals surface area contributed by atoms with E-state index in [1.807, 2.05) is 37.3 Å². The molecule has 1 aliphatic rings. The smallest absolute Gasteiger partial charge is 0.282 e. The lowest BCUT2D eigenvalue weighted by atomic mass is 9.93. The van der Waals surface area contributed by atoms with Crippen molar-refractivity contribution in [1.82, 2.24) is 20.4 Å². The lowest BCUT2D eigenvalue weighted by Crippen LogP contribution is -2.33. The number of nitrogens with zero attached hydrogens (tertiary/aromatic N) is 3. The second-order valence-corrected chi connectivity index (χ2v) is 8.47. The number of nitrogens with one attached hydrogen (secondary N) is 1. The van der Waals surface area contributed by atoms with Crippen LogP contribution in [-0.2, 0) is 19.5 Å². The van der Waals surface area contributed by atoms with Crippen LogP contribution in [0.4, 0.5) is 4.39 Å². The number of hydrogen-bond acceptors (Lipinski definition) is 5. The predicted octanol–water partition coefficient (Wildman–Crippen LogP) is 4.03. The molecule has 4 rings (SSSR count). The molecule has 29 heavy (non-hydrogen) atoms. The molecule has 1 amide bonds. The number of fused-ring (bicyclic) bond motifs is 1. The van der Waals surface area contributed by atoms with Crippen LogP contribution in [-0.4, -0.2) is 27.5 Å². The Labute approximate surface area is 173 Å². The van der Waals surface area contributed by atoms with E-state index in [0.29, 0.717) is 18.1 Å². The summed E-state index contributed by atoms with van der Waals surface area (Å²) in [5.41, 5.74) is 4.45. The van der Waals surface area contributed by atoms with Gasteiger partial charge in [0.1, 0.15) is 10.8 Å². The van der Waals surface area contributed by atoms with E-state index in [4.69, 9.17) is 0 Å². The van der Waals surface area contributed by atoms with E-state index >= 15 is 0 Å². The van der Waals surface area contributed by atoms with Crippen molar-refractivity contribution in [1.29, 1.82) is 0 Å². The molecular weight excluding hydrogens is 387 g/mol. The molecule has 0 saturated heterocycles. The number of hydrogen-bond donors (Lipinski definition) is 1. The normalized spacial score (nSPS) is 16.4. The lowest BCUT2D eigenvalue weighted by Gasteiger charge is -2.34. The largest absolute Gasteiger partial charge is 0.346 e. The first-order chi connectivity index (χ1) is 14.0. The highest BCUT2D eigenvalue weighted by Crippen LogP contribution is 2.31. The van der Waals surface area contributed by atoms with E-state index in [0.717, 1.165) is 29.1 Å². The third-order valence-electron chi connectivity index (χ3n) is 5.35. The summed E-state index contributed by atoms with van der Waals surface area (Å²) in [6.45, 7) is 6.03. The van der Waals surface area contributed by atoms with Gasteiger partial charge < -0.3 is 5.32 Å². The zero-order valence-electron chi connectivity index (χ0n) is 16.5. The molecule has 150 valence electrons.